The standard InChI is InChI=1S/C21H23FN2/c1-15-20(19-9-5-6-10-21(19)23-15)12-18-11-17(22)14-24(18)13-16-7-3-2-4-8-16/h2-10,17-18,23H,11-14H2,1H3/t17?,18-/m1/s1. The number of hydrogen-bond acceptors (Lipinski definition) is 1. The fraction of sp³-hybridized carbons (Fsp3) is 0.333. The van der Waals surface area contributed by atoms with Crippen molar-refractivity contribution in [2.24, 2.45) is 0 Å². The molecule has 2 nitrogen and oxygen atoms in total. The molecule has 0 saturated carbocycles. The van der Waals surface area contributed by atoms with E-state index in [-0.39, 0.29) is 6.04 Å². The molecule has 4 rings (SSSR count). The molecule has 0 aliphatic carbocycles. The fourth-order valence-electron chi connectivity index (χ4n) is 3.98. The zero-order valence-corrected chi connectivity index (χ0v) is 14.0. The van der Waals surface area contributed by atoms with Crippen LogP contribution < -0.4 is 0 Å². The second-order valence-electron chi connectivity index (χ2n) is 6.88. The Balaban J connectivity index is 1.58. The largest absolute Gasteiger partial charge is 0.358 e. The van der Waals surface area contributed by atoms with E-state index in [1.54, 1.807) is 0 Å². The molecule has 3 heteroatoms. The molecule has 1 aromatic heterocycles. The van der Waals surface area contributed by atoms with Crippen molar-refractivity contribution in [3.63, 3.8) is 0 Å². The van der Waals surface area contributed by atoms with Crippen molar-refractivity contribution in [2.45, 2.75) is 38.5 Å². The quantitative estimate of drug-likeness (QED) is 0.742. The number of aryl methyl sites for hydroxylation is 1. The molecular formula is C21H23FN2. The van der Waals surface area contributed by atoms with Gasteiger partial charge < -0.3 is 4.98 Å². The Hall–Kier alpha value is -2.13. The summed E-state index contributed by atoms with van der Waals surface area (Å²) >= 11 is 0. The second kappa shape index (κ2) is 6.40. The number of H-pyrrole nitrogens is 1. The van der Waals surface area contributed by atoms with Gasteiger partial charge in [0.25, 0.3) is 0 Å². The molecule has 1 fully saturated rings. The van der Waals surface area contributed by atoms with Crippen molar-refractivity contribution in [3.05, 3.63) is 71.4 Å². The van der Waals surface area contributed by atoms with E-state index >= 15 is 0 Å². The number of nitrogens with zero attached hydrogens (tertiary/aromatic N) is 1. The van der Waals surface area contributed by atoms with Crippen molar-refractivity contribution in [1.29, 1.82) is 0 Å². The van der Waals surface area contributed by atoms with Crippen LogP contribution in [-0.4, -0.2) is 28.6 Å². The molecule has 2 heterocycles. The molecule has 124 valence electrons. The minimum Gasteiger partial charge on any atom is -0.358 e. The number of halogens is 1. The van der Waals surface area contributed by atoms with E-state index in [9.17, 15) is 4.39 Å². The summed E-state index contributed by atoms with van der Waals surface area (Å²) in [6.45, 7) is 3.49. The third-order valence-corrected chi connectivity index (χ3v) is 5.17. The number of aromatic nitrogens is 1. The smallest absolute Gasteiger partial charge is 0.114 e. The SMILES string of the molecule is Cc1[nH]c2ccccc2c1C[C@H]1CC(F)CN1Cc1ccccc1. The molecule has 1 unspecified atom stereocenters. The van der Waals surface area contributed by atoms with Gasteiger partial charge in [-0.05, 0) is 37.0 Å². The van der Waals surface area contributed by atoms with E-state index in [0.29, 0.717) is 13.0 Å². The van der Waals surface area contributed by atoms with E-state index in [1.807, 2.05) is 6.07 Å². The van der Waals surface area contributed by atoms with Gasteiger partial charge in [0, 0.05) is 35.7 Å². The minimum absolute atomic E-state index is 0.262. The van der Waals surface area contributed by atoms with E-state index < -0.39 is 6.17 Å². The lowest BCUT2D eigenvalue weighted by Crippen LogP contribution is -2.31. The summed E-state index contributed by atoms with van der Waals surface area (Å²) in [5.74, 6) is 0. The normalized spacial score (nSPS) is 21.6. The van der Waals surface area contributed by atoms with Gasteiger partial charge in [-0.1, -0.05) is 48.5 Å². The second-order valence-corrected chi connectivity index (χ2v) is 6.88. The van der Waals surface area contributed by atoms with Gasteiger partial charge in [0.05, 0.1) is 0 Å². The zero-order chi connectivity index (χ0) is 16.5. The van der Waals surface area contributed by atoms with Crippen molar-refractivity contribution in [1.82, 2.24) is 9.88 Å². The number of fused-ring (bicyclic) bond motifs is 1. The molecule has 1 N–H and O–H groups in total. The van der Waals surface area contributed by atoms with Crippen LogP contribution in [0.3, 0.4) is 0 Å². The summed E-state index contributed by atoms with van der Waals surface area (Å²) in [4.78, 5) is 5.77. The topological polar surface area (TPSA) is 19.0 Å². The molecule has 1 aliphatic rings. The summed E-state index contributed by atoms with van der Waals surface area (Å²) in [5, 5.41) is 1.27. The van der Waals surface area contributed by atoms with Crippen molar-refractivity contribution in [3.8, 4) is 0 Å². The van der Waals surface area contributed by atoms with Crippen LogP contribution >= 0.6 is 0 Å². The number of benzene rings is 2. The number of alkyl halides is 1. The van der Waals surface area contributed by atoms with E-state index in [2.05, 4.69) is 65.3 Å². The number of likely N-dealkylation sites (tertiary alicyclic amines) is 1. The maximum Gasteiger partial charge on any atom is 0.114 e. The predicted octanol–water partition coefficient (Wildman–Crippen LogP) is 4.63. The summed E-state index contributed by atoms with van der Waals surface area (Å²) in [6.07, 6.45) is 0.818. The summed E-state index contributed by atoms with van der Waals surface area (Å²) in [7, 11) is 0. The van der Waals surface area contributed by atoms with Crippen LogP contribution in [0.4, 0.5) is 4.39 Å². The third-order valence-electron chi connectivity index (χ3n) is 5.17. The van der Waals surface area contributed by atoms with Gasteiger partial charge in [0.15, 0.2) is 0 Å². The van der Waals surface area contributed by atoms with Crippen LogP contribution in [-0.2, 0) is 13.0 Å². The van der Waals surface area contributed by atoms with Crippen molar-refractivity contribution < 1.29 is 4.39 Å². The average molecular weight is 322 g/mol. The number of nitrogens with one attached hydrogen (secondary N) is 1. The highest BCUT2D eigenvalue weighted by atomic mass is 19.1. The minimum atomic E-state index is -0.718. The van der Waals surface area contributed by atoms with Gasteiger partial charge in [-0.3, -0.25) is 4.90 Å². The Morgan fingerprint density at radius 1 is 1.08 bits per heavy atom. The summed E-state index contributed by atoms with van der Waals surface area (Å²) in [6, 6.07) is 19.0. The maximum absolute atomic E-state index is 14.1. The number of rotatable bonds is 4. The van der Waals surface area contributed by atoms with Crippen LogP contribution in [0.25, 0.3) is 10.9 Å². The first kappa shape index (κ1) is 15.4. The lowest BCUT2D eigenvalue weighted by Gasteiger charge is -2.24. The Kier molecular flexibility index (Phi) is 4.11. The zero-order valence-electron chi connectivity index (χ0n) is 14.0. The molecule has 2 aromatic carbocycles. The van der Waals surface area contributed by atoms with E-state index in [0.717, 1.165) is 13.0 Å². The molecule has 0 amide bonds. The molecule has 24 heavy (non-hydrogen) atoms. The molecule has 0 radical (unpaired) electrons. The van der Waals surface area contributed by atoms with Crippen LogP contribution in [0.5, 0.6) is 0 Å². The summed E-state index contributed by atoms with van der Waals surface area (Å²) < 4.78 is 14.1. The fourth-order valence-corrected chi connectivity index (χ4v) is 3.98. The Morgan fingerprint density at radius 2 is 1.83 bits per heavy atom. The first-order valence-electron chi connectivity index (χ1n) is 8.69. The van der Waals surface area contributed by atoms with Gasteiger partial charge in [-0.25, -0.2) is 4.39 Å². The molecule has 0 spiro atoms. The van der Waals surface area contributed by atoms with Crippen LogP contribution in [0.1, 0.15) is 23.2 Å². The lowest BCUT2D eigenvalue weighted by atomic mass is 10.0. The Morgan fingerprint density at radius 3 is 2.67 bits per heavy atom. The average Bonchev–Trinajstić information content (AvgIpc) is 3.09. The molecule has 3 aromatic rings. The molecule has 1 aliphatic heterocycles. The summed E-state index contributed by atoms with van der Waals surface area (Å²) in [5.41, 5.74) is 4.97. The van der Waals surface area contributed by atoms with Gasteiger partial charge in [-0.2, -0.15) is 0 Å². The van der Waals surface area contributed by atoms with Crippen molar-refractivity contribution in [2.75, 3.05) is 6.54 Å². The number of aromatic amines is 1. The predicted molar refractivity (Wildman–Crippen MR) is 96.9 cm³/mol. The monoisotopic (exact) mass is 322 g/mol. The number of hydrogen-bond donors (Lipinski definition) is 1. The van der Waals surface area contributed by atoms with Gasteiger partial charge in [-0.15, -0.1) is 0 Å². The van der Waals surface area contributed by atoms with Crippen molar-refractivity contribution >= 4 is 10.9 Å². The Labute approximate surface area is 142 Å². The molecular weight excluding hydrogens is 299 g/mol. The van der Waals surface area contributed by atoms with Gasteiger partial charge in [0.2, 0.25) is 0 Å². The van der Waals surface area contributed by atoms with Crippen LogP contribution in [0, 0.1) is 6.92 Å². The Bertz CT molecular complexity index is 824. The first-order valence-corrected chi connectivity index (χ1v) is 8.69. The van der Waals surface area contributed by atoms with E-state index in [1.165, 1.54) is 27.7 Å². The van der Waals surface area contributed by atoms with E-state index in [4.69, 9.17) is 0 Å². The highest BCUT2D eigenvalue weighted by Crippen LogP contribution is 2.30. The first-order chi connectivity index (χ1) is 11.7. The highest BCUT2D eigenvalue weighted by molar-refractivity contribution is 5.84. The van der Waals surface area contributed by atoms with Gasteiger partial charge >= 0.3 is 0 Å². The maximum atomic E-state index is 14.1. The molecule has 2 atom stereocenters. The third kappa shape index (κ3) is 2.96. The van der Waals surface area contributed by atoms with Crippen LogP contribution in [0.2, 0.25) is 0 Å². The highest BCUT2D eigenvalue weighted by Gasteiger charge is 2.32. The molecule has 1 saturated heterocycles. The van der Waals surface area contributed by atoms with Crippen LogP contribution in [0.15, 0.2) is 54.6 Å². The lowest BCUT2D eigenvalue weighted by molar-refractivity contribution is 0.234. The number of para-hydroxylation sites is 1. The molecule has 0 bridgehead atoms. The van der Waals surface area contributed by atoms with Gasteiger partial charge in [0.1, 0.15) is 6.17 Å².